The summed E-state index contributed by atoms with van der Waals surface area (Å²) in [7, 11) is 1.64. The van der Waals surface area contributed by atoms with E-state index in [-0.39, 0.29) is 0 Å². The highest BCUT2D eigenvalue weighted by atomic mass is 16.5. The van der Waals surface area contributed by atoms with E-state index in [1.807, 2.05) is 30.3 Å². The van der Waals surface area contributed by atoms with Gasteiger partial charge in [0.05, 0.1) is 7.11 Å². The molecule has 0 radical (unpaired) electrons. The Hall–Kier alpha value is -2.74. The van der Waals surface area contributed by atoms with Gasteiger partial charge in [-0.25, -0.2) is 0 Å². The summed E-state index contributed by atoms with van der Waals surface area (Å²) in [6, 6.07) is 9.81. The number of hydrogen-bond acceptors (Lipinski definition) is 5. The Balaban J connectivity index is 1.86. The van der Waals surface area contributed by atoms with Crippen molar-refractivity contribution in [3.63, 3.8) is 0 Å². The number of nitrogens with zero attached hydrogens (tertiary/aromatic N) is 3. The van der Waals surface area contributed by atoms with Crippen LogP contribution >= 0.6 is 0 Å². The molecule has 5 heteroatoms. The van der Waals surface area contributed by atoms with Crippen LogP contribution in [0.4, 0.5) is 5.88 Å². The average molecular weight is 295 g/mol. The molecule has 0 unspecified atom stereocenters. The van der Waals surface area contributed by atoms with Crippen molar-refractivity contribution in [2.45, 2.75) is 12.8 Å². The molecular formula is C17H17N3O2. The van der Waals surface area contributed by atoms with Crippen molar-refractivity contribution in [1.82, 2.24) is 4.98 Å². The molecule has 0 N–H and O–H groups in total. The third kappa shape index (κ3) is 2.82. The molecule has 1 aliphatic heterocycles. The van der Waals surface area contributed by atoms with Crippen molar-refractivity contribution in [2.75, 3.05) is 25.1 Å². The number of para-hydroxylation sites is 1. The highest BCUT2D eigenvalue weighted by Crippen LogP contribution is 2.27. The Morgan fingerprint density at radius 1 is 1.27 bits per heavy atom. The molecule has 22 heavy (non-hydrogen) atoms. The number of oxazole rings is 1. The molecule has 1 saturated heterocycles. The van der Waals surface area contributed by atoms with E-state index in [0.717, 1.165) is 37.2 Å². The summed E-state index contributed by atoms with van der Waals surface area (Å²) in [6.45, 7) is 1.83. The van der Waals surface area contributed by atoms with Gasteiger partial charge in [0.25, 0.3) is 0 Å². The van der Waals surface area contributed by atoms with Crippen LogP contribution in [-0.4, -0.2) is 25.2 Å². The quantitative estimate of drug-likeness (QED) is 0.865. The number of anilines is 1. The van der Waals surface area contributed by atoms with E-state index in [1.165, 1.54) is 0 Å². The summed E-state index contributed by atoms with van der Waals surface area (Å²) in [4.78, 5) is 6.32. The molecule has 1 fully saturated rings. The van der Waals surface area contributed by atoms with Crippen LogP contribution in [0.5, 0.6) is 5.75 Å². The molecule has 0 bridgehead atoms. The first-order chi connectivity index (χ1) is 10.8. The van der Waals surface area contributed by atoms with Crippen molar-refractivity contribution in [1.29, 1.82) is 5.26 Å². The molecule has 3 rings (SSSR count). The second kappa shape index (κ2) is 6.35. The van der Waals surface area contributed by atoms with Gasteiger partial charge < -0.3 is 14.1 Å². The molecule has 1 aromatic heterocycles. The lowest BCUT2D eigenvalue weighted by Crippen LogP contribution is -2.17. The second-order valence-electron chi connectivity index (χ2n) is 5.09. The Labute approximate surface area is 129 Å². The molecule has 2 heterocycles. The van der Waals surface area contributed by atoms with Crippen LogP contribution in [-0.2, 0) is 0 Å². The standard InChI is InChI=1S/C17H17N3O2/c1-21-15-7-3-2-6-13(15)8-9-16-19-14(12-18)17(22-16)20-10-4-5-11-20/h2-3,6-9H,4-5,10-11H2,1H3/b9-8+. The molecular weight excluding hydrogens is 278 g/mol. The normalized spacial score (nSPS) is 14.5. The van der Waals surface area contributed by atoms with Crippen molar-refractivity contribution in [3.05, 3.63) is 41.4 Å². The van der Waals surface area contributed by atoms with Crippen molar-refractivity contribution < 1.29 is 9.15 Å². The number of methoxy groups -OCH3 is 1. The van der Waals surface area contributed by atoms with Gasteiger partial charge in [-0.2, -0.15) is 10.2 Å². The molecule has 1 aliphatic rings. The molecule has 0 saturated carbocycles. The summed E-state index contributed by atoms with van der Waals surface area (Å²) in [6.07, 6.45) is 5.88. The predicted octanol–water partition coefficient (Wildman–Crippen LogP) is 3.33. The van der Waals surface area contributed by atoms with Crippen LogP contribution in [0.1, 0.15) is 30.0 Å². The lowest BCUT2D eigenvalue weighted by atomic mass is 10.2. The third-order valence-electron chi connectivity index (χ3n) is 3.67. The van der Waals surface area contributed by atoms with E-state index in [0.29, 0.717) is 17.5 Å². The first-order valence-corrected chi connectivity index (χ1v) is 7.29. The van der Waals surface area contributed by atoms with Gasteiger partial charge in [-0.1, -0.05) is 18.2 Å². The van der Waals surface area contributed by atoms with E-state index in [2.05, 4.69) is 16.0 Å². The maximum Gasteiger partial charge on any atom is 0.235 e. The number of aromatic nitrogens is 1. The summed E-state index contributed by atoms with van der Waals surface area (Å²) in [5.74, 6) is 1.80. The second-order valence-corrected chi connectivity index (χ2v) is 5.09. The lowest BCUT2D eigenvalue weighted by Gasteiger charge is -2.12. The van der Waals surface area contributed by atoms with E-state index in [1.54, 1.807) is 13.2 Å². The highest BCUT2D eigenvalue weighted by Gasteiger charge is 2.21. The topological polar surface area (TPSA) is 62.3 Å². The van der Waals surface area contributed by atoms with Crippen LogP contribution in [0, 0.1) is 11.3 Å². The van der Waals surface area contributed by atoms with Crippen LogP contribution < -0.4 is 9.64 Å². The number of rotatable bonds is 4. The van der Waals surface area contributed by atoms with Gasteiger partial charge in [-0.3, -0.25) is 0 Å². The Kier molecular flexibility index (Phi) is 4.10. The van der Waals surface area contributed by atoms with Crippen LogP contribution in [0.2, 0.25) is 0 Å². The van der Waals surface area contributed by atoms with E-state index in [4.69, 9.17) is 9.15 Å². The molecule has 1 aromatic carbocycles. The smallest absolute Gasteiger partial charge is 0.235 e. The zero-order chi connectivity index (χ0) is 15.4. The number of hydrogen-bond donors (Lipinski definition) is 0. The highest BCUT2D eigenvalue weighted by molar-refractivity contribution is 5.70. The van der Waals surface area contributed by atoms with E-state index in [9.17, 15) is 5.26 Å². The summed E-state index contributed by atoms with van der Waals surface area (Å²) < 4.78 is 11.1. The lowest BCUT2D eigenvalue weighted by molar-refractivity contribution is 0.414. The van der Waals surface area contributed by atoms with Gasteiger partial charge in [0, 0.05) is 24.7 Å². The molecule has 2 aromatic rings. The van der Waals surface area contributed by atoms with Crippen LogP contribution in [0.3, 0.4) is 0 Å². The monoisotopic (exact) mass is 295 g/mol. The first kappa shape index (κ1) is 14.2. The van der Waals surface area contributed by atoms with Gasteiger partial charge in [-0.05, 0) is 25.0 Å². The molecule has 0 amide bonds. The minimum Gasteiger partial charge on any atom is -0.496 e. The molecule has 0 atom stereocenters. The fourth-order valence-electron chi connectivity index (χ4n) is 2.57. The summed E-state index contributed by atoms with van der Waals surface area (Å²) >= 11 is 0. The number of nitriles is 1. The molecule has 5 nitrogen and oxygen atoms in total. The Bertz CT molecular complexity index is 722. The number of benzene rings is 1. The maximum atomic E-state index is 9.22. The minimum absolute atomic E-state index is 0.349. The molecule has 112 valence electrons. The fourth-order valence-corrected chi connectivity index (χ4v) is 2.57. The van der Waals surface area contributed by atoms with Crippen molar-refractivity contribution in [2.24, 2.45) is 0 Å². The minimum atomic E-state index is 0.349. The number of ether oxygens (including phenoxy) is 1. The molecule has 0 spiro atoms. The van der Waals surface area contributed by atoms with Crippen molar-refractivity contribution >= 4 is 18.0 Å². The average Bonchev–Trinajstić information content (AvgIpc) is 3.22. The van der Waals surface area contributed by atoms with E-state index >= 15 is 0 Å². The van der Waals surface area contributed by atoms with Gasteiger partial charge in [-0.15, -0.1) is 0 Å². The van der Waals surface area contributed by atoms with Gasteiger partial charge in [0.15, 0.2) is 0 Å². The summed E-state index contributed by atoms with van der Waals surface area (Å²) in [5.41, 5.74) is 1.28. The fraction of sp³-hybridized carbons (Fsp3) is 0.294. The SMILES string of the molecule is COc1ccccc1/C=C/c1nc(C#N)c(N2CCCC2)o1. The third-order valence-corrected chi connectivity index (χ3v) is 3.67. The zero-order valence-corrected chi connectivity index (χ0v) is 12.5. The maximum absolute atomic E-state index is 9.22. The zero-order valence-electron chi connectivity index (χ0n) is 12.5. The van der Waals surface area contributed by atoms with Crippen LogP contribution in [0.15, 0.2) is 28.7 Å². The predicted molar refractivity (Wildman–Crippen MR) is 84.6 cm³/mol. The van der Waals surface area contributed by atoms with Gasteiger partial charge in [0.1, 0.15) is 11.8 Å². The van der Waals surface area contributed by atoms with Gasteiger partial charge >= 0.3 is 0 Å². The van der Waals surface area contributed by atoms with Crippen LogP contribution in [0.25, 0.3) is 12.2 Å². The summed E-state index contributed by atoms with van der Waals surface area (Å²) in [5, 5.41) is 9.22. The van der Waals surface area contributed by atoms with Crippen molar-refractivity contribution in [3.8, 4) is 11.8 Å². The van der Waals surface area contributed by atoms with Gasteiger partial charge in [0.2, 0.25) is 17.5 Å². The Morgan fingerprint density at radius 2 is 2.05 bits per heavy atom. The molecule has 0 aliphatic carbocycles. The largest absolute Gasteiger partial charge is 0.496 e. The first-order valence-electron chi connectivity index (χ1n) is 7.29. The van der Waals surface area contributed by atoms with E-state index < -0.39 is 0 Å². The Morgan fingerprint density at radius 3 is 2.77 bits per heavy atom.